The quantitative estimate of drug-likeness (QED) is 0.594. The van der Waals surface area contributed by atoms with Gasteiger partial charge in [0.15, 0.2) is 5.58 Å². The van der Waals surface area contributed by atoms with E-state index in [0.29, 0.717) is 21.9 Å². The molecule has 0 saturated heterocycles. The first-order valence-electron chi connectivity index (χ1n) is 6.14. The highest BCUT2D eigenvalue weighted by atomic mass is 35.5. The Morgan fingerprint density at radius 3 is 2.86 bits per heavy atom. The van der Waals surface area contributed by atoms with Crippen LogP contribution in [0.2, 0.25) is 5.02 Å². The summed E-state index contributed by atoms with van der Waals surface area (Å²) in [5.74, 6) is 0.443. The van der Waals surface area contributed by atoms with Crippen LogP contribution in [0.5, 0.6) is 5.75 Å². The Balaban J connectivity index is 2.04. The van der Waals surface area contributed by atoms with E-state index < -0.39 is 6.09 Å². The molecule has 0 fully saturated rings. The number of carbonyl (C=O) groups excluding carboxylic acids is 1. The van der Waals surface area contributed by atoms with Gasteiger partial charge in [0.25, 0.3) is 4.84 Å². The molecule has 0 aliphatic heterocycles. The lowest BCUT2D eigenvalue weighted by atomic mass is 10.2. The Morgan fingerprint density at radius 2 is 2.10 bits per heavy atom. The summed E-state index contributed by atoms with van der Waals surface area (Å²) >= 11 is 11.0. The van der Waals surface area contributed by atoms with E-state index in [2.05, 4.69) is 0 Å². The maximum absolute atomic E-state index is 12.3. The van der Waals surface area contributed by atoms with Gasteiger partial charge in [0.2, 0.25) is 0 Å². The summed E-state index contributed by atoms with van der Waals surface area (Å²) in [6, 6.07) is 12.1. The van der Waals surface area contributed by atoms with Gasteiger partial charge in [0.05, 0.1) is 0 Å². The maximum Gasteiger partial charge on any atom is 0.427 e. The van der Waals surface area contributed by atoms with Crippen molar-refractivity contribution in [2.45, 2.75) is 6.92 Å². The fourth-order valence-electron chi connectivity index (χ4n) is 1.99. The standard InChI is InChI=1S/C15H10ClNO3S/c1-9-3-2-4-11(7-9)19-14(18)17-12-8-10(16)5-6-13(12)20-15(17)21/h2-8H,1H3. The molecule has 0 radical (unpaired) electrons. The Bertz CT molecular complexity index is 897. The minimum absolute atomic E-state index is 0.0184. The zero-order chi connectivity index (χ0) is 15.0. The molecule has 0 atom stereocenters. The van der Waals surface area contributed by atoms with Crippen molar-refractivity contribution in [2.24, 2.45) is 0 Å². The average molecular weight is 320 g/mol. The lowest BCUT2D eigenvalue weighted by Gasteiger charge is -2.05. The SMILES string of the molecule is Cc1cccc(OC(=O)n2c(=S)oc3ccc(Cl)cc32)c1. The Kier molecular flexibility index (Phi) is 3.53. The van der Waals surface area contributed by atoms with Crippen molar-refractivity contribution < 1.29 is 13.9 Å². The summed E-state index contributed by atoms with van der Waals surface area (Å²) in [4.78, 5) is 12.3. The van der Waals surface area contributed by atoms with E-state index in [1.165, 1.54) is 4.57 Å². The molecule has 106 valence electrons. The second kappa shape index (κ2) is 5.35. The third-order valence-corrected chi connectivity index (χ3v) is 3.42. The predicted octanol–water partition coefficient (Wildman–Crippen LogP) is 4.97. The highest BCUT2D eigenvalue weighted by Crippen LogP contribution is 2.23. The van der Waals surface area contributed by atoms with Crippen LogP contribution >= 0.6 is 23.8 Å². The van der Waals surface area contributed by atoms with Gasteiger partial charge < -0.3 is 9.15 Å². The van der Waals surface area contributed by atoms with E-state index in [1.807, 2.05) is 19.1 Å². The number of benzene rings is 2. The molecule has 6 heteroatoms. The minimum Gasteiger partial charge on any atom is -0.429 e. The van der Waals surface area contributed by atoms with E-state index in [4.69, 9.17) is 33.0 Å². The van der Waals surface area contributed by atoms with Crippen molar-refractivity contribution in [1.82, 2.24) is 4.57 Å². The molecule has 4 nitrogen and oxygen atoms in total. The molecule has 0 bridgehead atoms. The molecular formula is C15H10ClNO3S. The van der Waals surface area contributed by atoms with Crippen LogP contribution in [0, 0.1) is 11.8 Å². The van der Waals surface area contributed by atoms with Crippen LogP contribution in [-0.4, -0.2) is 10.7 Å². The second-order valence-electron chi connectivity index (χ2n) is 4.50. The van der Waals surface area contributed by atoms with E-state index in [1.54, 1.807) is 30.3 Å². The van der Waals surface area contributed by atoms with Gasteiger partial charge in [-0.1, -0.05) is 23.7 Å². The summed E-state index contributed by atoms with van der Waals surface area (Å²) < 4.78 is 11.9. The molecular weight excluding hydrogens is 310 g/mol. The third-order valence-electron chi connectivity index (χ3n) is 2.92. The highest BCUT2D eigenvalue weighted by Gasteiger charge is 2.16. The largest absolute Gasteiger partial charge is 0.429 e. The van der Waals surface area contributed by atoms with Crippen LogP contribution in [0.15, 0.2) is 46.9 Å². The van der Waals surface area contributed by atoms with Gasteiger partial charge in [-0.3, -0.25) is 0 Å². The number of rotatable bonds is 1. The molecule has 1 aromatic heterocycles. The molecule has 2 aromatic carbocycles. The first-order valence-corrected chi connectivity index (χ1v) is 6.93. The molecule has 1 heterocycles. The Hall–Kier alpha value is -2.11. The van der Waals surface area contributed by atoms with Crippen LogP contribution in [0.4, 0.5) is 4.79 Å². The van der Waals surface area contributed by atoms with E-state index in [-0.39, 0.29) is 4.84 Å². The van der Waals surface area contributed by atoms with Crippen LogP contribution in [0.1, 0.15) is 5.56 Å². The van der Waals surface area contributed by atoms with E-state index in [9.17, 15) is 4.79 Å². The average Bonchev–Trinajstić information content (AvgIpc) is 2.74. The number of nitrogens with zero attached hydrogens (tertiary/aromatic N) is 1. The molecule has 3 rings (SSSR count). The number of halogens is 1. The molecule has 0 aliphatic rings. The van der Waals surface area contributed by atoms with Crippen LogP contribution in [0.25, 0.3) is 11.1 Å². The summed E-state index contributed by atoms with van der Waals surface area (Å²) in [6.07, 6.45) is -0.633. The van der Waals surface area contributed by atoms with Crippen molar-refractivity contribution in [3.05, 3.63) is 57.9 Å². The fraction of sp³-hybridized carbons (Fsp3) is 0.0667. The number of aryl methyl sites for hydroxylation is 1. The van der Waals surface area contributed by atoms with E-state index >= 15 is 0 Å². The molecule has 0 unspecified atom stereocenters. The van der Waals surface area contributed by atoms with Crippen molar-refractivity contribution in [2.75, 3.05) is 0 Å². The van der Waals surface area contributed by atoms with Crippen LogP contribution in [0.3, 0.4) is 0 Å². The lowest BCUT2D eigenvalue weighted by Crippen LogP contribution is -2.16. The van der Waals surface area contributed by atoms with Crippen molar-refractivity contribution >= 4 is 41.0 Å². The number of carbonyl (C=O) groups is 1. The smallest absolute Gasteiger partial charge is 0.427 e. The number of ether oxygens (including phenoxy) is 1. The van der Waals surface area contributed by atoms with Crippen LogP contribution < -0.4 is 4.74 Å². The first kappa shape index (κ1) is 13.9. The third kappa shape index (κ3) is 2.70. The number of hydrogen-bond acceptors (Lipinski definition) is 4. The Morgan fingerprint density at radius 1 is 1.29 bits per heavy atom. The first-order chi connectivity index (χ1) is 10.0. The summed E-state index contributed by atoms with van der Waals surface area (Å²) in [7, 11) is 0. The van der Waals surface area contributed by atoms with Crippen molar-refractivity contribution in [3.63, 3.8) is 0 Å². The molecule has 0 N–H and O–H groups in total. The molecule has 0 saturated carbocycles. The summed E-state index contributed by atoms with van der Waals surface area (Å²) in [6.45, 7) is 1.91. The Labute approximate surface area is 130 Å². The van der Waals surface area contributed by atoms with Gasteiger partial charge in [-0.25, -0.2) is 9.36 Å². The monoisotopic (exact) mass is 319 g/mol. The lowest BCUT2D eigenvalue weighted by molar-refractivity contribution is 0.202. The van der Waals surface area contributed by atoms with Gasteiger partial charge in [-0.15, -0.1) is 0 Å². The van der Waals surface area contributed by atoms with Crippen molar-refractivity contribution in [3.8, 4) is 5.75 Å². The summed E-state index contributed by atoms with van der Waals surface area (Å²) in [5.41, 5.74) is 1.94. The fourth-order valence-corrected chi connectivity index (χ4v) is 2.42. The minimum atomic E-state index is -0.633. The number of hydrogen-bond donors (Lipinski definition) is 0. The molecule has 3 aromatic rings. The van der Waals surface area contributed by atoms with Crippen molar-refractivity contribution in [1.29, 1.82) is 0 Å². The topological polar surface area (TPSA) is 44.4 Å². The highest BCUT2D eigenvalue weighted by molar-refractivity contribution is 7.71. The zero-order valence-corrected chi connectivity index (χ0v) is 12.6. The number of oxazole rings is 1. The number of fused-ring (bicyclic) bond motifs is 1. The molecule has 0 aliphatic carbocycles. The zero-order valence-electron chi connectivity index (χ0n) is 11.0. The normalized spacial score (nSPS) is 10.8. The molecule has 21 heavy (non-hydrogen) atoms. The van der Waals surface area contributed by atoms with Gasteiger partial charge in [0.1, 0.15) is 11.3 Å². The van der Waals surface area contributed by atoms with E-state index in [0.717, 1.165) is 5.56 Å². The van der Waals surface area contributed by atoms with Gasteiger partial charge in [-0.2, -0.15) is 0 Å². The van der Waals surface area contributed by atoms with Gasteiger partial charge >= 0.3 is 6.09 Å². The number of aromatic nitrogens is 1. The summed E-state index contributed by atoms with van der Waals surface area (Å²) in [5, 5.41) is 0.482. The molecule has 0 amide bonds. The van der Waals surface area contributed by atoms with Gasteiger partial charge in [0, 0.05) is 5.02 Å². The molecule has 0 spiro atoms. The maximum atomic E-state index is 12.3. The second-order valence-corrected chi connectivity index (χ2v) is 5.29. The predicted molar refractivity (Wildman–Crippen MR) is 82.6 cm³/mol. The van der Waals surface area contributed by atoms with Crippen LogP contribution in [-0.2, 0) is 0 Å². The van der Waals surface area contributed by atoms with Gasteiger partial charge in [-0.05, 0) is 55.0 Å².